The van der Waals surface area contributed by atoms with Crippen LogP contribution in [0, 0.1) is 0 Å². The molecule has 0 radical (unpaired) electrons. The van der Waals surface area contributed by atoms with E-state index in [1.165, 1.54) is 0 Å². The van der Waals surface area contributed by atoms with Gasteiger partial charge in [-0.2, -0.15) is 0 Å². The fourth-order valence-electron chi connectivity index (χ4n) is 1.33. The van der Waals surface area contributed by atoms with Crippen molar-refractivity contribution >= 4 is 6.09 Å². The van der Waals surface area contributed by atoms with Crippen LogP contribution in [0.3, 0.4) is 0 Å². The molecule has 1 N–H and O–H groups in total. The molecule has 1 heterocycles. The first-order chi connectivity index (χ1) is 6.14. The maximum Gasteiger partial charge on any atom is 0.410 e. The zero-order valence-electron chi connectivity index (χ0n) is 9.50. The molecule has 1 aliphatic heterocycles. The molecule has 0 bridgehead atoms. The maximum atomic E-state index is 11.6. The number of aliphatic hydroxyl groups excluding tert-OH is 1. The molecule has 0 aromatic rings. The summed E-state index contributed by atoms with van der Waals surface area (Å²) in [5, 5.41) is 9.44. The first-order valence-corrected chi connectivity index (χ1v) is 4.83. The molecule has 1 saturated heterocycles. The minimum Gasteiger partial charge on any atom is -0.444 e. The largest absolute Gasteiger partial charge is 0.444 e. The van der Waals surface area contributed by atoms with Crippen LogP contribution in [0.2, 0.25) is 0 Å². The summed E-state index contributed by atoms with van der Waals surface area (Å²) < 4.78 is 5.20. The summed E-state index contributed by atoms with van der Waals surface area (Å²) in [6.07, 6.45) is -0.803. The van der Waals surface area contributed by atoms with E-state index in [1.807, 2.05) is 34.6 Å². The number of aliphatic hydroxyl groups is 1. The molecule has 1 fully saturated rings. The standard InChI is InChI=1S/C10H19NO3/c1-9(2,3)14-8(13)11-6-7(12)10(11,4)5/h7,12H,6H2,1-5H3/t7-/m0/s1. The Balaban J connectivity index is 2.57. The number of ether oxygens (including phenoxy) is 1. The van der Waals surface area contributed by atoms with Gasteiger partial charge < -0.3 is 9.84 Å². The molecule has 14 heavy (non-hydrogen) atoms. The number of likely N-dealkylation sites (tertiary alicyclic amines) is 1. The molecule has 0 saturated carbocycles. The van der Waals surface area contributed by atoms with Crippen LogP contribution in [-0.4, -0.2) is 39.9 Å². The number of rotatable bonds is 0. The summed E-state index contributed by atoms with van der Waals surface area (Å²) in [5.41, 5.74) is -0.976. The molecule has 1 rings (SSSR count). The Hall–Kier alpha value is -0.770. The first-order valence-electron chi connectivity index (χ1n) is 4.83. The Kier molecular flexibility index (Phi) is 2.52. The van der Waals surface area contributed by atoms with Crippen LogP contribution in [0.25, 0.3) is 0 Å². The predicted molar refractivity (Wildman–Crippen MR) is 53.0 cm³/mol. The molecule has 1 aliphatic rings. The zero-order chi connectivity index (χ0) is 11.1. The van der Waals surface area contributed by atoms with Gasteiger partial charge in [0.25, 0.3) is 0 Å². The van der Waals surface area contributed by atoms with Gasteiger partial charge >= 0.3 is 6.09 Å². The maximum absolute atomic E-state index is 11.6. The van der Waals surface area contributed by atoms with Crippen LogP contribution >= 0.6 is 0 Å². The lowest BCUT2D eigenvalue weighted by Gasteiger charge is -2.52. The highest BCUT2D eigenvalue weighted by atomic mass is 16.6. The van der Waals surface area contributed by atoms with E-state index >= 15 is 0 Å². The molecule has 82 valence electrons. The van der Waals surface area contributed by atoms with Crippen LogP contribution in [0.4, 0.5) is 4.79 Å². The van der Waals surface area contributed by atoms with Gasteiger partial charge in [0.1, 0.15) is 5.60 Å². The molecule has 4 heteroatoms. The van der Waals surface area contributed by atoms with E-state index < -0.39 is 17.2 Å². The van der Waals surface area contributed by atoms with E-state index in [0.29, 0.717) is 6.54 Å². The van der Waals surface area contributed by atoms with Crippen molar-refractivity contribution in [2.45, 2.75) is 51.9 Å². The van der Waals surface area contributed by atoms with Gasteiger partial charge in [0.15, 0.2) is 0 Å². The quantitative estimate of drug-likeness (QED) is 0.644. The van der Waals surface area contributed by atoms with E-state index in [-0.39, 0.29) is 6.09 Å². The van der Waals surface area contributed by atoms with Crippen molar-refractivity contribution < 1.29 is 14.6 Å². The van der Waals surface area contributed by atoms with Crippen molar-refractivity contribution in [2.75, 3.05) is 6.54 Å². The number of nitrogens with zero attached hydrogens (tertiary/aromatic N) is 1. The molecule has 0 unspecified atom stereocenters. The number of hydrogen-bond acceptors (Lipinski definition) is 3. The third kappa shape index (κ3) is 2.00. The topological polar surface area (TPSA) is 49.8 Å². The average Bonchev–Trinajstić information content (AvgIpc) is 1.96. The van der Waals surface area contributed by atoms with Crippen LogP contribution in [0.5, 0.6) is 0 Å². The zero-order valence-corrected chi connectivity index (χ0v) is 9.50. The second kappa shape index (κ2) is 3.12. The lowest BCUT2D eigenvalue weighted by atomic mass is 9.86. The number of carbonyl (C=O) groups excluding carboxylic acids is 1. The summed E-state index contributed by atoms with van der Waals surface area (Å²) in [6.45, 7) is 9.49. The van der Waals surface area contributed by atoms with Crippen molar-refractivity contribution in [3.05, 3.63) is 0 Å². The van der Waals surface area contributed by atoms with Gasteiger partial charge in [-0.15, -0.1) is 0 Å². The van der Waals surface area contributed by atoms with Crippen LogP contribution in [-0.2, 0) is 4.74 Å². The van der Waals surface area contributed by atoms with E-state index in [1.54, 1.807) is 4.90 Å². The van der Waals surface area contributed by atoms with Gasteiger partial charge in [-0.3, -0.25) is 4.90 Å². The molecule has 1 amide bonds. The minimum absolute atomic E-state index is 0.354. The first kappa shape index (κ1) is 11.3. The fraction of sp³-hybridized carbons (Fsp3) is 0.900. The Morgan fingerprint density at radius 1 is 1.50 bits per heavy atom. The van der Waals surface area contributed by atoms with E-state index in [2.05, 4.69) is 0 Å². The number of amides is 1. The van der Waals surface area contributed by atoms with E-state index in [9.17, 15) is 9.90 Å². The van der Waals surface area contributed by atoms with E-state index in [0.717, 1.165) is 0 Å². The molecule has 0 aromatic heterocycles. The van der Waals surface area contributed by atoms with Gasteiger partial charge in [-0.25, -0.2) is 4.79 Å². The monoisotopic (exact) mass is 201 g/mol. The molecular weight excluding hydrogens is 182 g/mol. The number of β-amino-alcohol motifs (C(OH)–C–C–N with tert-alkyl or cyclic N) is 1. The van der Waals surface area contributed by atoms with Crippen LogP contribution in [0.15, 0.2) is 0 Å². The number of hydrogen-bond donors (Lipinski definition) is 1. The van der Waals surface area contributed by atoms with Crippen molar-refractivity contribution in [1.29, 1.82) is 0 Å². The third-order valence-electron chi connectivity index (χ3n) is 2.48. The minimum atomic E-state index is -0.498. The second-order valence-corrected chi connectivity index (χ2v) is 5.26. The Bertz CT molecular complexity index is 242. The van der Waals surface area contributed by atoms with Gasteiger partial charge in [0.2, 0.25) is 0 Å². The predicted octanol–water partition coefficient (Wildman–Crippen LogP) is 1.38. The Labute approximate surface area is 84.8 Å². The van der Waals surface area contributed by atoms with Crippen molar-refractivity contribution in [3.63, 3.8) is 0 Å². The SMILES string of the molecule is CC(C)(C)OC(=O)N1C[C@H](O)C1(C)C. The second-order valence-electron chi connectivity index (χ2n) is 5.26. The van der Waals surface area contributed by atoms with Crippen molar-refractivity contribution in [2.24, 2.45) is 0 Å². The Morgan fingerprint density at radius 2 is 2.00 bits per heavy atom. The van der Waals surface area contributed by atoms with E-state index in [4.69, 9.17) is 4.74 Å². The molecular formula is C10H19NO3. The fourth-order valence-corrected chi connectivity index (χ4v) is 1.33. The molecule has 0 aliphatic carbocycles. The molecule has 4 nitrogen and oxygen atoms in total. The summed E-state index contributed by atoms with van der Waals surface area (Å²) in [4.78, 5) is 13.1. The lowest BCUT2D eigenvalue weighted by molar-refractivity contribution is -0.113. The summed E-state index contributed by atoms with van der Waals surface area (Å²) in [5.74, 6) is 0. The van der Waals surface area contributed by atoms with Crippen molar-refractivity contribution in [3.8, 4) is 0 Å². The third-order valence-corrected chi connectivity index (χ3v) is 2.48. The normalized spacial score (nSPS) is 25.6. The van der Waals surface area contributed by atoms with Gasteiger partial charge in [0.05, 0.1) is 18.2 Å². The van der Waals surface area contributed by atoms with Crippen molar-refractivity contribution in [1.82, 2.24) is 4.90 Å². The highest BCUT2D eigenvalue weighted by Gasteiger charge is 2.49. The van der Waals surface area contributed by atoms with Gasteiger partial charge in [0, 0.05) is 0 Å². The van der Waals surface area contributed by atoms with Gasteiger partial charge in [-0.05, 0) is 34.6 Å². The summed E-state index contributed by atoms with van der Waals surface area (Å²) in [7, 11) is 0. The average molecular weight is 201 g/mol. The molecule has 1 atom stereocenters. The summed E-state index contributed by atoms with van der Waals surface area (Å²) >= 11 is 0. The van der Waals surface area contributed by atoms with Gasteiger partial charge in [-0.1, -0.05) is 0 Å². The summed E-state index contributed by atoms with van der Waals surface area (Å²) in [6, 6.07) is 0. The highest BCUT2D eigenvalue weighted by Crippen LogP contribution is 2.31. The highest BCUT2D eigenvalue weighted by molar-refractivity contribution is 5.70. The lowest BCUT2D eigenvalue weighted by Crippen LogP contribution is -2.69. The number of carbonyl (C=O) groups is 1. The smallest absolute Gasteiger partial charge is 0.410 e. The Morgan fingerprint density at radius 3 is 2.29 bits per heavy atom. The molecule has 0 aromatic carbocycles. The molecule has 0 spiro atoms. The van der Waals surface area contributed by atoms with Crippen LogP contribution in [0.1, 0.15) is 34.6 Å². The van der Waals surface area contributed by atoms with Crippen LogP contribution < -0.4 is 0 Å².